The van der Waals surface area contributed by atoms with Crippen molar-refractivity contribution in [1.82, 2.24) is 0 Å². The third-order valence-electron chi connectivity index (χ3n) is 2.61. The molecule has 0 aliphatic rings. The minimum Gasteiger partial charge on any atom is -0.344 e. The molecule has 2 nitrogen and oxygen atoms in total. The van der Waals surface area contributed by atoms with Gasteiger partial charge in [-0.3, -0.25) is 0 Å². The van der Waals surface area contributed by atoms with Crippen LogP contribution in [0.25, 0.3) is 0 Å². The molecule has 0 spiro atoms. The number of hydrogen-bond acceptors (Lipinski definition) is 2. The maximum atomic E-state index is 9.19. The maximum Gasteiger partial charge on any atom is 0.103 e. The third kappa shape index (κ3) is 2.32. The van der Waals surface area contributed by atoms with Crippen LogP contribution in [0.2, 0.25) is 0 Å². The van der Waals surface area contributed by atoms with E-state index in [1.165, 1.54) is 0 Å². The van der Waals surface area contributed by atoms with E-state index in [0.717, 1.165) is 15.8 Å². The van der Waals surface area contributed by atoms with E-state index in [9.17, 15) is 5.26 Å². The summed E-state index contributed by atoms with van der Waals surface area (Å²) in [7, 11) is 1.96. The van der Waals surface area contributed by atoms with Crippen LogP contribution in [-0.4, -0.2) is 7.05 Å². The number of para-hydroxylation sites is 1. The molecule has 0 aromatic heterocycles. The number of nitrogens with zero attached hydrogens (tertiary/aromatic N) is 2. The van der Waals surface area contributed by atoms with Crippen molar-refractivity contribution in [1.29, 1.82) is 5.26 Å². The van der Waals surface area contributed by atoms with Crippen molar-refractivity contribution in [3.05, 3.63) is 58.6 Å². The van der Waals surface area contributed by atoms with E-state index >= 15 is 0 Å². The van der Waals surface area contributed by atoms with E-state index in [2.05, 4.69) is 22.0 Å². The van der Waals surface area contributed by atoms with E-state index < -0.39 is 0 Å². The molecule has 0 radical (unpaired) electrons. The Morgan fingerprint density at radius 2 is 1.76 bits per heavy atom. The molecule has 17 heavy (non-hydrogen) atoms. The highest BCUT2D eigenvalue weighted by molar-refractivity contribution is 9.10. The van der Waals surface area contributed by atoms with Gasteiger partial charge >= 0.3 is 0 Å². The molecular formula is C14H11BrN2. The molecular weight excluding hydrogens is 276 g/mol. The van der Waals surface area contributed by atoms with Gasteiger partial charge in [0.15, 0.2) is 0 Å². The van der Waals surface area contributed by atoms with Crippen LogP contribution in [0.15, 0.2) is 53.0 Å². The number of rotatable bonds is 2. The number of nitriles is 1. The smallest absolute Gasteiger partial charge is 0.103 e. The Kier molecular flexibility index (Phi) is 3.46. The van der Waals surface area contributed by atoms with E-state index in [0.29, 0.717) is 5.56 Å². The molecule has 0 saturated heterocycles. The molecule has 0 atom stereocenters. The predicted molar refractivity (Wildman–Crippen MR) is 73.4 cm³/mol. The van der Waals surface area contributed by atoms with Crippen LogP contribution >= 0.6 is 15.9 Å². The molecule has 0 fully saturated rings. The molecule has 0 heterocycles. The van der Waals surface area contributed by atoms with Crippen molar-refractivity contribution in [3.63, 3.8) is 0 Å². The fourth-order valence-corrected chi connectivity index (χ4v) is 2.14. The quantitative estimate of drug-likeness (QED) is 0.831. The van der Waals surface area contributed by atoms with Gasteiger partial charge in [0.1, 0.15) is 6.07 Å². The highest BCUT2D eigenvalue weighted by Gasteiger charge is 2.11. The van der Waals surface area contributed by atoms with Crippen LogP contribution in [0.5, 0.6) is 0 Å². The highest BCUT2D eigenvalue weighted by atomic mass is 79.9. The van der Waals surface area contributed by atoms with Gasteiger partial charge in [0.05, 0.1) is 11.3 Å². The first kappa shape index (κ1) is 11.7. The molecule has 0 N–H and O–H groups in total. The van der Waals surface area contributed by atoms with Gasteiger partial charge in [0, 0.05) is 17.2 Å². The molecule has 2 rings (SSSR count). The summed E-state index contributed by atoms with van der Waals surface area (Å²) >= 11 is 3.40. The van der Waals surface area contributed by atoms with Gasteiger partial charge in [-0.25, -0.2) is 0 Å². The number of halogens is 1. The predicted octanol–water partition coefficient (Wildman–Crippen LogP) is 4.09. The first-order valence-corrected chi connectivity index (χ1v) is 6.00. The van der Waals surface area contributed by atoms with Crippen LogP contribution in [-0.2, 0) is 0 Å². The van der Waals surface area contributed by atoms with Crippen molar-refractivity contribution < 1.29 is 0 Å². The van der Waals surface area contributed by atoms with Crippen LogP contribution in [0.3, 0.4) is 0 Å². The zero-order valence-corrected chi connectivity index (χ0v) is 11.0. The Hall–Kier alpha value is -1.79. The van der Waals surface area contributed by atoms with Crippen LogP contribution < -0.4 is 4.90 Å². The van der Waals surface area contributed by atoms with Crippen molar-refractivity contribution in [2.24, 2.45) is 0 Å². The zero-order valence-electron chi connectivity index (χ0n) is 9.39. The molecule has 0 unspecified atom stereocenters. The summed E-state index contributed by atoms with van der Waals surface area (Å²) in [6, 6.07) is 17.9. The largest absolute Gasteiger partial charge is 0.344 e. The molecule has 0 bridgehead atoms. The van der Waals surface area contributed by atoms with Crippen molar-refractivity contribution >= 4 is 27.3 Å². The minimum atomic E-state index is 0.652. The average molecular weight is 287 g/mol. The topological polar surface area (TPSA) is 27.0 Å². The summed E-state index contributed by atoms with van der Waals surface area (Å²) < 4.78 is 0.820. The number of anilines is 2. The first-order valence-electron chi connectivity index (χ1n) is 5.21. The monoisotopic (exact) mass is 286 g/mol. The lowest BCUT2D eigenvalue weighted by atomic mass is 10.1. The summed E-state index contributed by atoms with van der Waals surface area (Å²) in [5, 5.41) is 9.19. The molecule has 2 aromatic rings. The first-order chi connectivity index (χ1) is 8.24. The van der Waals surface area contributed by atoms with Crippen molar-refractivity contribution in [3.8, 4) is 6.07 Å². The standard InChI is InChI=1S/C14H11BrN2/c1-17(11-6-3-2-4-7-11)14-9-5-8-13(15)12(14)10-16/h2-9H,1H3. The maximum absolute atomic E-state index is 9.19. The second kappa shape index (κ2) is 5.03. The van der Waals surface area contributed by atoms with E-state index in [4.69, 9.17) is 0 Å². The summed E-state index contributed by atoms with van der Waals surface area (Å²) in [5.74, 6) is 0. The molecule has 84 valence electrons. The lowest BCUT2D eigenvalue weighted by Gasteiger charge is -2.21. The van der Waals surface area contributed by atoms with Crippen LogP contribution in [0, 0.1) is 11.3 Å². The third-order valence-corrected chi connectivity index (χ3v) is 3.27. The van der Waals surface area contributed by atoms with Crippen molar-refractivity contribution in [2.45, 2.75) is 0 Å². The molecule has 0 amide bonds. The lowest BCUT2D eigenvalue weighted by Crippen LogP contribution is -2.10. The van der Waals surface area contributed by atoms with E-state index in [-0.39, 0.29) is 0 Å². The fourth-order valence-electron chi connectivity index (χ4n) is 1.69. The molecule has 0 aliphatic carbocycles. The summed E-state index contributed by atoms with van der Waals surface area (Å²) in [6.45, 7) is 0. The highest BCUT2D eigenvalue weighted by Crippen LogP contribution is 2.30. The Balaban J connectivity index is 2.49. The second-order valence-electron chi connectivity index (χ2n) is 3.64. The number of benzene rings is 2. The van der Waals surface area contributed by atoms with Gasteiger partial charge in [-0.05, 0) is 40.2 Å². The van der Waals surface area contributed by atoms with Gasteiger partial charge in [0.2, 0.25) is 0 Å². The van der Waals surface area contributed by atoms with Gasteiger partial charge in [0.25, 0.3) is 0 Å². The zero-order chi connectivity index (χ0) is 12.3. The minimum absolute atomic E-state index is 0.652. The molecule has 2 aromatic carbocycles. The normalized spacial score (nSPS) is 9.71. The van der Waals surface area contributed by atoms with Gasteiger partial charge < -0.3 is 4.90 Å². The van der Waals surface area contributed by atoms with Gasteiger partial charge in [-0.15, -0.1) is 0 Å². The van der Waals surface area contributed by atoms with E-state index in [1.54, 1.807) is 0 Å². The Morgan fingerprint density at radius 3 is 2.41 bits per heavy atom. The van der Waals surface area contributed by atoms with Crippen LogP contribution in [0.1, 0.15) is 5.56 Å². The van der Waals surface area contributed by atoms with Gasteiger partial charge in [-0.1, -0.05) is 24.3 Å². The lowest BCUT2D eigenvalue weighted by molar-refractivity contribution is 1.20. The number of hydrogen-bond donors (Lipinski definition) is 0. The summed E-state index contributed by atoms with van der Waals surface area (Å²) in [5.41, 5.74) is 2.61. The Labute approximate surface area is 109 Å². The van der Waals surface area contributed by atoms with Crippen LogP contribution in [0.4, 0.5) is 11.4 Å². The Bertz CT molecular complexity index is 558. The fraction of sp³-hybridized carbons (Fsp3) is 0.0714. The average Bonchev–Trinajstić information content (AvgIpc) is 2.38. The molecule has 0 aliphatic heterocycles. The van der Waals surface area contributed by atoms with E-state index in [1.807, 2.05) is 60.5 Å². The van der Waals surface area contributed by atoms with Crippen molar-refractivity contribution in [2.75, 3.05) is 11.9 Å². The SMILES string of the molecule is CN(c1ccccc1)c1cccc(Br)c1C#N. The second-order valence-corrected chi connectivity index (χ2v) is 4.49. The Morgan fingerprint density at radius 1 is 1.06 bits per heavy atom. The van der Waals surface area contributed by atoms with Gasteiger partial charge in [-0.2, -0.15) is 5.26 Å². The summed E-state index contributed by atoms with van der Waals surface area (Å²) in [6.07, 6.45) is 0. The molecule has 0 saturated carbocycles. The molecule has 3 heteroatoms. The summed E-state index contributed by atoms with van der Waals surface area (Å²) in [4.78, 5) is 2.00.